The summed E-state index contributed by atoms with van der Waals surface area (Å²) in [5.41, 5.74) is 1.46. The van der Waals surface area contributed by atoms with Crippen LogP contribution in [0.2, 0.25) is 0 Å². The number of rotatable bonds is 3. The van der Waals surface area contributed by atoms with Gasteiger partial charge in [0.15, 0.2) is 0 Å². The van der Waals surface area contributed by atoms with Gasteiger partial charge in [0.05, 0.1) is 18.6 Å². The van der Waals surface area contributed by atoms with Crippen molar-refractivity contribution in [2.45, 2.75) is 63.5 Å². The molecule has 0 N–H and O–H groups in total. The van der Waals surface area contributed by atoms with E-state index in [2.05, 4.69) is 21.8 Å². The van der Waals surface area contributed by atoms with Crippen LogP contribution in [0.3, 0.4) is 0 Å². The summed E-state index contributed by atoms with van der Waals surface area (Å²) < 4.78 is 11.9. The van der Waals surface area contributed by atoms with Crippen LogP contribution in [-0.2, 0) is 11.2 Å². The summed E-state index contributed by atoms with van der Waals surface area (Å²) in [6.45, 7) is 6.26. The fourth-order valence-corrected chi connectivity index (χ4v) is 6.16. The van der Waals surface area contributed by atoms with Crippen LogP contribution < -0.4 is 4.74 Å². The van der Waals surface area contributed by atoms with Crippen molar-refractivity contribution in [3.8, 4) is 5.88 Å². The van der Waals surface area contributed by atoms with Crippen molar-refractivity contribution in [3.63, 3.8) is 0 Å². The van der Waals surface area contributed by atoms with Crippen LogP contribution in [0, 0.1) is 0 Å². The SMILES string of the molecule is C[C@H]1CCc2sc3ncnc(OC4CCC(N5CCOCC5)CC4)c3c21. The Kier molecular flexibility index (Phi) is 4.59. The molecule has 1 saturated heterocycles. The number of aryl methyl sites for hydroxylation is 1. The van der Waals surface area contributed by atoms with Crippen LogP contribution in [0.5, 0.6) is 5.88 Å². The zero-order valence-corrected chi connectivity index (χ0v) is 16.3. The molecule has 3 heterocycles. The van der Waals surface area contributed by atoms with Crippen LogP contribution in [0.4, 0.5) is 0 Å². The third kappa shape index (κ3) is 3.02. The van der Waals surface area contributed by atoms with E-state index >= 15 is 0 Å². The van der Waals surface area contributed by atoms with E-state index in [4.69, 9.17) is 9.47 Å². The molecule has 5 nitrogen and oxygen atoms in total. The number of fused-ring (bicyclic) bond motifs is 3. The fraction of sp³-hybridized carbons (Fsp3) is 0.700. The van der Waals surface area contributed by atoms with E-state index in [0.717, 1.165) is 49.9 Å². The average Bonchev–Trinajstić information content (AvgIpc) is 3.23. The minimum Gasteiger partial charge on any atom is -0.474 e. The molecule has 2 aromatic heterocycles. The van der Waals surface area contributed by atoms with Crippen molar-refractivity contribution >= 4 is 21.6 Å². The van der Waals surface area contributed by atoms with Crippen LogP contribution in [0.25, 0.3) is 10.2 Å². The second-order valence-electron chi connectivity index (χ2n) is 7.93. The maximum Gasteiger partial charge on any atom is 0.225 e. The summed E-state index contributed by atoms with van der Waals surface area (Å²) in [7, 11) is 0. The van der Waals surface area contributed by atoms with Gasteiger partial charge in [-0.05, 0) is 50.0 Å². The smallest absolute Gasteiger partial charge is 0.225 e. The van der Waals surface area contributed by atoms with Gasteiger partial charge in [0.25, 0.3) is 0 Å². The fourth-order valence-electron chi connectivity index (χ4n) is 4.89. The Labute approximate surface area is 158 Å². The van der Waals surface area contributed by atoms with Gasteiger partial charge in [-0.25, -0.2) is 9.97 Å². The Morgan fingerprint density at radius 3 is 2.73 bits per heavy atom. The average molecular weight is 374 g/mol. The van der Waals surface area contributed by atoms with E-state index in [1.807, 2.05) is 11.3 Å². The number of nitrogens with zero attached hydrogens (tertiary/aromatic N) is 3. The first-order chi connectivity index (χ1) is 12.8. The molecular formula is C20H27N3O2S. The Bertz CT molecular complexity index is 779. The predicted molar refractivity (Wildman–Crippen MR) is 103 cm³/mol. The summed E-state index contributed by atoms with van der Waals surface area (Å²) in [6, 6.07) is 0.703. The van der Waals surface area contributed by atoms with Crippen molar-refractivity contribution in [2.75, 3.05) is 26.3 Å². The molecule has 2 fully saturated rings. The summed E-state index contributed by atoms with van der Waals surface area (Å²) in [5, 5.41) is 1.20. The van der Waals surface area contributed by atoms with E-state index in [9.17, 15) is 0 Å². The molecule has 1 aliphatic heterocycles. The van der Waals surface area contributed by atoms with Gasteiger partial charge >= 0.3 is 0 Å². The number of hydrogen-bond acceptors (Lipinski definition) is 6. The largest absolute Gasteiger partial charge is 0.474 e. The van der Waals surface area contributed by atoms with E-state index in [1.165, 1.54) is 41.5 Å². The molecule has 0 radical (unpaired) electrons. The molecule has 0 aromatic carbocycles. The van der Waals surface area contributed by atoms with Crippen molar-refractivity contribution in [1.29, 1.82) is 0 Å². The number of morpholine rings is 1. The summed E-state index contributed by atoms with van der Waals surface area (Å²) in [5.74, 6) is 1.43. The molecule has 1 atom stereocenters. The van der Waals surface area contributed by atoms with E-state index in [-0.39, 0.29) is 6.10 Å². The first-order valence-corrected chi connectivity index (χ1v) is 10.9. The predicted octanol–water partition coefficient (Wildman–Crippen LogP) is 3.76. The third-order valence-corrected chi connectivity index (χ3v) is 7.52. The Morgan fingerprint density at radius 1 is 1.12 bits per heavy atom. The van der Waals surface area contributed by atoms with Gasteiger partial charge in [-0.2, -0.15) is 0 Å². The summed E-state index contributed by atoms with van der Waals surface area (Å²) >= 11 is 1.84. The molecular weight excluding hydrogens is 346 g/mol. The van der Waals surface area contributed by atoms with Crippen LogP contribution in [-0.4, -0.2) is 53.3 Å². The molecule has 0 spiro atoms. The molecule has 5 rings (SSSR count). The standard InChI is InChI=1S/C20H27N3O2S/c1-13-2-7-16-17(13)18-19(21-12-22-20(18)26-16)25-15-5-3-14(4-6-15)23-8-10-24-11-9-23/h12-15H,2-11H2,1H3/t13-,14?,15?/m0/s1. The Hall–Kier alpha value is -1.24. The number of ether oxygens (including phenoxy) is 2. The maximum atomic E-state index is 6.45. The lowest BCUT2D eigenvalue weighted by Gasteiger charge is -2.38. The highest BCUT2D eigenvalue weighted by atomic mass is 32.1. The number of aromatic nitrogens is 2. The lowest BCUT2D eigenvalue weighted by atomic mass is 9.91. The molecule has 0 amide bonds. The Morgan fingerprint density at radius 2 is 1.92 bits per heavy atom. The quantitative estimate of drug-likeness (QED) is 0.820. The maximum absolute atomic E-state index is 6.45. The van der Waals surface area contributed by atoms with E-state index < -0.39 is 0 Å². The molecule has 2 aliphatic carbocycles. The van der Waals surface area contributed by atoms with Gasteiger partial charge in [0.2, 0.25) is 5.88 Å². The Balaban J connectivity index is 1.30. The highest BCUT2D eigenvalue weighted by molar-refractivity contribution is 7.19. The van der Waals surface area contributed by atoms with Gasteiger partial charge in [0, 0.05) is 24.0 Å². The van der Waals surface area contributed by atoms with Gasteiger partial charge in [-0.15, -0.1) is 11.3 Å². The molecule has 26 heavy (non-hydrogen) atoms. The molecule has 1 saturated carbocycles. The highest BCUT2D eigenvalue weighted by Gasteiger charge is 2.30. The first kappa shape index (κ1) is 16.9. The van der Waals surface area contributed by atoms with Crippen LogP contribution in [0.1, 0.15) is 55.4 Å². The zero-order chi connectivity index (χ0) is 17.5. The van der Waals surface area contributed by atoms with Crippen molar-refractivity contribution < 1.29 is 9.47 Å². The van der Waals surface area contributed by atoms with E-state index in [1.54, 1.807) is 6.33 Å². The molecule has 0 unspecified atom stereocenters. The minimum atomic E-state index is 0.289. The first-order valence-electron chi connectivity index (χ1n) is 10.0. The van der Waals surface area contributed by atoms with Crippen LogP contribution >= 0.6 is 11.3 Å². The monoisotopic (exact) mass is 373 g/mol. The lowest BCUT2D eigenvalue weighted by molar-refractivity contribution is -0.00126. The van der Waals surface area contributed by atoms with Crippen LogP contribution in [0.15, 0.2) is 6.33 Å². The summed E-state index contributed by atoms with van der Waals surface area (Å²) in [6.07, 6.45) is 9.07. The van der Waals surface area contributed by atoms with Crippen molar-refractivity contribution in [1.82, 2.24) is 14.9 Å². The van der Waals surface area contributed by atoms with Crippen molar-refractivity contribution in [2.24, 2.45) is 0 Å². The molecule has 6 heteroatoms. The van der Waals surface area contributed by atoms with Gasteiger partial charge in [-0.3, -0.25) is 4.90 Å². The number of hydrogen-bond donors (Lipinski definition) is 0. The normalized spacial score (nSPS) is 29.8. The van der Waals surface area contributed by atoms with Gasteiger partial charge in [0.1, 0.15) is 17.3 Å². The van der Waals surface area contributed by atoms with Crippen molar-refractivity contribution in [3.05, 3.63) is 16.8 Å². The second-order valence-corrected chi connectivity index (χ2v) is 9.02. The summed E-state index contributed by atoms with van der Waals surface area (Å²) in [4.78, 5) is 14.3. The third-order valence-electron chi connectivity index (χ3n) is 6.35. The molecule has 2 aromatic rings. The van der Waals surface area contributed by atoms with E-state index in [0.29, 0.717) is 12.0 Å². The lowest BCUT2D eigenvalue weighted by Crippen LogP contribution is -2.46. The second kappa shape index (κ2) is 7.06. The minimum absolute atomic E-state index is 0.289. The van der Waals surface area contributed by atoms with Gasteiger partial charge in [-0.1, -0.05) is 6.92 Å². The molecule has 3 aliphatic rings. The topological polar surface area (TPSA) is 47.5 Å². The highest BCUT2D eigenvalue weighted by Crippen LogP contribution is 2.46. The number of thiophene rings is 1. The molecule has 0 bridgehead atoms. The molecule has 140 valence electrons. The zero-order valence-electron chi connectivity index (χ0n) is 15.4. The van der Waals surface area contributed by atoms with Gasteiger partial charge < -0.3 is 9.47 Å².